The van der Waals surface area contributed by atoms with Crippen LogP contribution in [-0.2, 0) is 38.2 Å². The highest BCUT2D eigenvalue weighted by molar-refractivity contribution is 5.99. The summed E-state index contributed by atoms with van der Waals surface area (Å²) in [6.45, 7) is 0. The Kier molecular flexibility index (Phi) is 7.12. The molecule has 0 bridgehead atoms. The summed E-state index contributed by atoms with van der Waals surface area (Å²) in [7, 11) is 0. The molecule has 0 amide bonds. The summed E-state index contributed by atoms with van der Waals surface area (Å²) in [5.74, 6) is -11.1. The van der Waals surface area contributed by atoms with Crippen molar-refractivity contribution in [2.45, 2.75) is 24.7 Å². The predicted molar refractivity (Wildman–Crippen MR) is 62.9 cm³/mol. The average molecular weight is 337 g/mol. The Morgan fingerprint density at radius 3 is 1.43 bits per heavy atom. The number of nitrogens with two attached hydrogens (primary N) is 1. The number of carboxylic acid groups (broad SMARTS) is 4. The van der Waals surface area contributed by atoms with Gasteiger partial charge in [-0.2, -0.15) is 0 Å². The van der Waals surface area contributed by atoms with Gasteiger partial charge in [0.1, 0.15) is 6.04 Å². The van der Waals surface area contributed by atoms with E-state index >= 15 is 0 Å². The SMILES string of the molecule is N[C@@H](CC(=O)OC(C(=O)O)C(=O)O)C(=O)OC(C(=O)O)C(=O)O. The fourth-order valence-corrected chi connectivity index (χ4v) is 1.06. The first kappa shape index (κ1) is 19.8. The number of rotatable bonds is 9. The summed E-state index contributed by atoms with van der Waals surface area (Å²) < 4.78 is 8.07. The molecule has 0 aliphatic heterocycles. The molecule has 128 valence electrons. The Labute approximate surface area is 126 Å². The summed E-state index contributed by atoms with van der Waals surface area (Å²) >= 11 is 0. The van der Waals surface area contributed by atoms with Crippen LogP contribution in [0.3, 0.4) is 0 Å². The molecule has 0 saturated carbocycles. The molecular weight excluding hydrogens is 326 g/mol. The van der Waals surface area contributed by atoms with Gasteiger partial charge in [0.15, 0.2) is 0 Å². The first-order valence-corrected chi connectivity index (χ1v) is 5.54. The van der Waals surface area contributed by atoms with Crippen LogP contribution in [0, 0.1) is 0 Å². The lowest BCUT2D eigenvalue weighted by Gasteiger charge is -2.14. The highest BCUT2D eigenvalue weighted by Crippen LogP contribution is 2.03. The number of carbonyl (C=O) groups is 6. The minimum absolute atomic E-state index is 1.07. The molecule has 0 spiro atoms. The van der Waals surface area contributed by atoms with Crippen molar-refractivity contribution in [1.82, 2.24) is 0 Å². The maximum Gasteiger partial charge on any atom is 0.356 e. The van der Waals surface area contributed by atoms with Crippen LogP contribution in [0.1, 0.15) is 6.42 Å². The van der Waals surface area contributed by atoms with Gasteiger partial charge < -0.3 is 35.6 Å². The monoisotopic (exact) mass is 337 g/mol. The lowest BCUT2D eigenvalue weighted by atomic mass is 10.2. The minimum Gasteiger partial charge on any atom is -0.478 e. The largest absolute Gasteiger partial charge is 0.478 e. The Morgan fingerprint density at radius 1 is 0.739 bits per heavy atom. The van der Waals surface area contributed by atoms with E-state index in [1.807, 2.05) is 0 Å². The van der Waals surface area contributed by atoms with Crippen molar-refractivity contribution in [2.75, 3.05) is 0 Å². The molecular formula is C10H11NO12. The van der Waals surface area contributed by atoms with Gasteiger partial charge in [0, 0.05) is 0 Å². The second-order valence-electron chi connectivity index (χ2n) is 3.85. The van der Waals surface area contributed by atoms with Crippen molar-refractivity contribution < 1.29 is 58.7 Å². The van der Waals surface area contributed by atoms with E-state index in [1.165, 1.54) is 0 Å². The van der Waals surface area contributed by atoms with Gasteiger partial charge in [0.05, 0.1) is 6.42 Å². The Hall–Kier alpha value is -3.22. The molecule has 0 radical (unpaired) electrons. The lowest BCUT2D eigenvalue weighted by molar-refractivity contribution is -0.178. The smallest absolute Gasteiger partial charge is 0.356 e. The molecule has 0 aromatic rings. The maximum absolute atomic E-state index is 11.3. The third-order valence-electron chi connectivity index (χ3n) is 2.07. The van der Waals surface area contributed by atoms with Crippen LogP contribution in [0.5, 0.6) is 0 Å². The number of carboxylic acids is 4. The molecule has 0 unspecified atom stereocenters. The van der Waals surface area contributed by atoms with Gasteiger partial charge >= 0.3 is 35.8 Å². The number of hydrogen-bond acceptors (Lipinski definition) is 9. The second kappa shape index (κ2) is 8.28. The van der Waals surface area contributed by atoms with Gasteiger partial charge in [0.2, 0.25) is 0 Å². The summed E-state index contributed by atoms with van der Waals surface area (Å²) in [6, 6.07) is -1.90. The third-order valence-corrected chi connectivity index (χ3v) is 2.07. The molecule has 13 nitrogen and oxygen atoms in total. The number of ether oxygens (including phenoxy) is 2. The van der Waals surface area contributed by atoms with E-state index in [0.717, 1.165) is 0 Å². The Balaban J connectivity index is 4.71. The van der Waals surface area contributed by atoms with Crippen LogP contribution in [0.15, 0.2) is 0 Å². The summed E-state index contributed by atoms with van der Waals surface area (Å²) in [4.78, 5) is 64.5. The fourth-order valence-electron chi connectivity index (χ4n) is 1.06. The summed E-state index contributed by atoms with van der Waals surface area (Å²) in [6.07, 6.45) is -6.16. The molecule has 23 heavy (non-hydrogen) atoms. The first-order valence-electron chi connectivity index (χ1n) is 5.54. The van der Waals surface area contributed by atoms with Crippen molar-refractivity contribution in [3.63, 3.8) is 0 Å². The maximum atomic E-state index is 11.3. The normalized spacial score (nSPS) is 11.6. The zero-order valence-corrected chi connectivity index (χ0v) is 11.1. The molecule has 0 rings (SSSR count). The molecule has 13 heteroatoms. The van der Waals surface area contributed by atoms with E-state index in [4.69, 9.17) is 26.2 Å². The van der Waals surface area contributed by atoms with Crippen LogP contribution in [-0.4, -0.2) is 74.5 Å². The van der Waals surface area contributed by atoms with Gasteiger partial charge in [-0.05, 0) is 0 Å². The zero-order chi connectivity index (χ0) is 18.3. The van der Waals surface area contributed by atoms with E-state index in [0.29, 0.717) is 0 Å². The fraction of sp³-hybridized carbons (Fsp3) is 0.400. The van der Waals surface area contributed by atoms with Crippen LogP contribution in [0.4, 0.5) is 0 Å². The van der Waals surface area contributed by atoms with E-state index in [9.17, 15) is 28.8 Å². The highest BCUT2D eigenvalue weighted by Gasteiger charge is 2.34. The molecule has 0 aliphatic carbocycles. The van der Waals surface area contributed by atoms with Crippen molar-refractivity contribution in [3.05, 3.63) is 0 Å². The molecule has 0 fully saturated rings. The molecule has 0 aromatic heterocycles. The van der Waals surface area contributed by atoms with Gasteiger partial charge in [-0.15, -0.1) is 0 Å². The molecule has 0 saturated heterocycles. The molecule has 0 aliphatic rings. The quantitative estimate of drug-likeness (QED) is 0.207. The number of esters is 2. The van der Waals surface area contributed by atoms with Crippen molar-refractivity contribution >= 4 is 35.8 Å². The van der Waals surface area contributed by atoms with Crippen LogP contribution in [0.2, 0.25) is 0 Å². The number of hydrogen-bond donors (Lipinski definition) is 5. The van der Waals surface area contributed by atoms with Gasteiger partial charge in [-0.1, -0.05) is 0 Å². The van der Waals surface area contributed by atoms with Crippen molar-refractivity contribution in [3.8, 4) is 0 Å². The Morgan fingerprint density at radius 2 is 1.09 bits per heavy atom. The minimum atomic E-state index is -2.56. The van der Waals surface area contributed by atoms with Crippen LogP contribution in [0.25, 0.3) is 0 Å². The second-order valence-corrected chi connectivity index (χ2v) is 3.85. The molecule has 0 heterocycles. The standard InChI is InChI=1S/C10H11NO12/c11-2(10(21)23-5(8(17)18)9(19)20)1-3(12)22-4(6(13)14)7(15)16/h2,4-5H,1,11H2,(H,13,14)(H,15,16)(H,17,18)(H,19,20)/t2-/m0/s1. The van der Waals surface area contributed by atoms with Crippen molar-refractivity contribution in [2.24, 2.45) is 5.73 Å². The summed E-state index contributed by atoms with van der Waals surface area (Å²) in [5, 5.41) is 33.9. The van der Waals surface area contributed by atoms with E-state index in [-0.39, 0.29) is 0 Å². The first-order chi connectivity index (χ1) is 10.5. The highest BCUT2D eigenvalue weighted by atomic mass is 16.6. The van der Waals surface area contributed by atoms with Gasteiger partial charge in [-0.25, -0.2) is 19.2 Å². The number of carbonyl (C=O) groups excluding carboxylic acids is 2. The number of aliphatic carboxylic acids is 4. The molecule has 0 aromatic carbocycles. The predicted octanol–water partition coefficient (Wildman–Crippen LogP) is -3.13. The molecule has 6 N–H and O–H groups in total. The van der Waals surface area contributed by atoms with E-state index < -0.39 is 60.5 Å². The zero-order valence-electron chi connectivity index (χ0n) is 11.1. The third kappa shape index (κ3) is 6.38. The summed E-state index contributed by atoms with van der Waals surface area (Å²) in [5.41, 5.74) is 5.14. The topological polar surface area (TPSA) is 228 Å². The average Bonchev–Trinajstić information content (AvgIpc) is 2.40. The van der Waals surface area contributed by atoms with Gasteiger partial charge in [0.25, 0.3) is 12.2 Å². The van der Waals surface area contributed by atoms with Crippen LogP contribution >= 0.6 is 0 Å². The molecule has 1 atom stereocenters. The van der Waals surface area contributed by atoms with E-state index in [2.05, 4.69) is 9.47 Å². The van der Waals surface area contributed by atoms with E-state index in [1.54, 1.807) is 0 Å². The van der Waals surface area contributed by atoms with Crippen molar-refractivity contribution in [1.29, 1.82) is 0 Å². The lowest BCUT2D eigenvalue weighted by Crippen LogP contribution is -2.43. The van der Waals surface area contributed by atoms with Gasteiger partial charge in [-0.3, -0.25) is 9.59 Å². The van der Waals surface area contributed by atoms with Crippen LogP contribution < -0.4 is 5.73 Å². The Bertz CT molecular complexity index is 512.